The zero-order valence-electron chi connectivity index (χ0n) is 18.6. The first-order valence-electron chi connectivity index (χ1n) is 10.5. The van der Waals surface area contributed by atoms with Crippen molar-refractivity contribution in [1.82, 2.24) is 16.0 Å². The van der Waals surface area contributed by atoms with Gasteiger partial charge in [-0.15, -0.1) is 0 Å². The van der Waals surface area contributed by atoms with E-state index >= 15 is 0 Å². The molecule has 4 amide bonds. The van der Waals surface area contributed by atoms with E-state index in [2.05, 4.69) is 21.3 Å². The molecule has 34 heavy (non-hydrogen) atoms. The molecule has 7 N–H and O–H groups in total. The number of carbonyl (C=O) groups is 4. The highest BCUT2D eigenvalue weighted by molar-refractivity contribution is 14.1. The minimum atomic E-state index is -1.38. The number of halogens is 1. The topological polar surface area (TPSA) is 206 Å². The Morgan fingerprint density at radius 3 is 2.47 bits per heavy atom. The van der Waals surface area contributed by atoms with Gasteiger partial charge in [0.2, 0.25) is 17.7 Å². The zero-order chi connectivity index (χ0) is 25.6. The highest BCUT2D eigenvalue weighted by Gasteiger charge is 2.32. The van der Waals surface area contributed by atoms with Crippen LogP contribution in [0, 0.1) is 19.6 Å². The third-order valence-corrected chi connectivity index (χ3v) is 6.06. The molecule has 0 unspecified atom stereocenters. The number of nitro groups is 1. The third kappa shape index (κ3) is 6.75. The van der Waals surface area contributed by atoms with Gasteiger partial charge in [-0.2, -0.15) is 0 Å². The van der Waals surface area contributed by atoms with Crippen molar-refractivity contribution < 1.29 is 29.2 Å². The van der Waals surface area contributed by atoms with E-state index in [1.54, 1.807) is 13.8 Å². The predicted molar refractivity (Wildman–Crippen MR) is 130 cm³/mol. The van der Waals surface area contributed by atoms with Crippen LogP contribution in [0.2, 0.25) is 0 Å². The average Bonchev–Trinajstić information content (AvgIpc) is 2.76. The van der Waals surface area contributed by atoms with E-state index in [0.29, 0.717) is 15.7 Å². The van der Waals surface area contributed by atoms with Crippen molar-refractivity contribution in [2.24, 2.45) is 11.7 Å². The summed E-state index contributed by atoms with van der Waals surface area (Å²) in [5.74, 6) is -3.51. The number of nitro benzene ring substituents is 1. The first-order valence-corrected chi connectivity index (χ1v) is 11.6. The summed E-state index contributed by atoms with van der Waals surface area (Å²) >= 11 is 1.86. The molecule has 0 fully saturated rings. The fourth-order valence-corrected chi connectivity index (χ4v) is 4.14. The van der Waals surface area contributed by atoms with Crippen LogP contribution >= 0.6 is 22.6 Å². The maximum atomic E-state index is 13.1. The highest BCUT2D eigenvalue weighted by atomic mass is 127. The van der Waals surface area contributed by atoms with Crippen LogP contribution in [-0.4, -0.2) is 64.9 Å². The molecular formula is C20H27IN6O7. The molecule has 0 saturated carbocycles. The normalized spacial score (nSPS) is 22.3. The van der Waals surface area contributed by atoms with E-state index in [1.165, 1.54) is 6.07 Å². The van der Waals surface area contributed by atoms with Gasteiger partial charge in [-0.3, -0.25) is 29.3 Å². The molecule has 3 atom stereocenters. The number of carbonyl (C=O) groups excluding carboxylic acids is 4. The van der Waals surface area contributed by atoms with Crippen molar-refractivity contribution in [3.63, 3.8) is 0 Å². The number of nitrogens with one attached hydrogen (secondary N) is 4. The molecule has 14 heteroatoms. The molecule has 186 valence electrons. The molecular weight excluding hydrogens is 563 g/mol. The molecule has 0 bridgehead atoms. The van der Waals surface area contributed by atoms with E-state index in [-0.39, 0.29) is 24.2 Å². The molecule has 1 aliphatic rings. The highest BCUT2D eigenvalue weighted by Crippen LogP contribution is 2.29. The summed E-state index contributed by atoms with van der Waals surface area (Å²) < 4.78 is 0.409. The number of aliphatic hydroxyl groups excluding tert-OH is 1. The van der Waals surface area contributed by atoms with E-state index < -0.39 is 59.2 Å². The summed E-state index contributed by atoms with van der Waals surface area (Å²) in [5, 5.41) is 31.4. The fourth-order valence-electron chi connectivity index (χ4n) is 3.34. The Bertz CT molecular complexity index is 986. The van der Waals surface area contributed by atoms with Crippen LogP contribution in [0.1, 0.15) is 37.0 Å². The lowest BCUT2D eigenvalue weighted by atomic mass is 10.0. The Balaban J connectivity index is 2.52. The van der Waals surface area contributed by atoms with Gasteiger partial charge in [-0.25, -0.2) is 0 Å². The summed E-state index contributed by atoms with van der Waals surface area (Å²) in [5.41, 5.74) is 5.38. The first kappa shape index (κ1) is 27.2. The smallest absolute Gasteiger partial charge is 0.271 e. The fraction of sp³-hybridized carbons (Fsp3) is 0.500. The van der Waals surface area contributed by atoms with Crippen molar-refractivity contribution in [2.45, 2.75) is 44.8 Å². The van der Waals surface area contributed by atoms with Gasteiger partial charge in [0.1, 0.15) is 18.1 Å². The van der Waals surface area contributed by atoms with Gasteiger partial charge in [0.15, 0.2) is 0 Å². The maximum Gasteiger partial charge on any atom is 0.271 e. The van der Waals surface area contributed by atoms with E-state index in [9.17, 15) is 34.4 Å². The van der Waals surface area contributed by atoms with Gasteiger partial charge in [-0.1, -0.05) is 13.8 Å². The lowest BCUT2D eigenvalue weighted by Gasteiger charge is -2.25. The molecule has 0 aromatic heterocycles. The number of primary amides is 1. The summed E-state index contributed by atoms with van der Waals surface area (Å²) in [6.07, 6.45) is 0.479. The van der Waals surface area contributed by atoms with Crippen LogP contribution in [0.3, 0.4) is 0 Å². The number of hydrogen-bond acceptors (Lipinski definition) is 8. The van der Waals surface area contributed by atoms with Crippen LogP contribution in [0.4, 0.5) is 11.4 Å². The van der Waals surface area contributed by atoms with E-state index in [0.717, 1.165) is 6.07 Å². The van der Waals surface area contributed by atoms with Gasteiger partial charge < -0.3 is 32.1 Å². The monoisotopic (exact) mass is 590 g/mol. The lowest BCUT2D eigenvalue weighted by molar-refractivity contribution is -0.384. The molecule has 2 rings (SSSR count). The summed E-state index contributed by atoms with van der Waals surface area (Å²) in [4.78, 5) is 61.1. The molecule has 1 heterocycles. The van der Waals surface area contributed by atoms with Crippen LogP contribution < -0.4 is 27.0 Å². The van der Waals surface area contributed by atoms with Crippen molar-refractivity contribution in [3.8, 4) is 0 Å². The largest absolute Gasteiger partial charge is 0.394 e. The van der Waals surface area contributed by atoms with Gasteiger partial charge in [0.25, 0.3) is 11.6 Å². The third-order valence-electron chi connectivity index (χ3n) is 5.21. The average molecular weight is 590 g/mol. The second-order valence-electron chi connectivity index (χ2n) is 8.08. The Labute approximate surface area is 208 Å². The van der Waals surface area contributed by atoms with Crippen molar-refractivity contribution in [3.05, 3.63) is 31.4 Å². The number of rotatable bonds is 4. The molecule has 0 aliphatic carbocycles. The predicted octanol–water partition coefficient (Wildman–Crippen LogP) is -0.393. The number of hydrogen-bond donors (Lipinski definition) is 6. The number of nitrogens with two attached hydrogens (primary N) is 1. The van der Waals surface area contributed by atoms with Gasteiger partial charge in [0.05, 0.1) is 22.8 Å². The number of nitrogens with zero attached hydrogens (tertiary/aromatic N) is 1. The SMILES string of the molecule is CC(C)[C@@H]1NC(=O)c2cc([N+](=O)[O-])cc(I)c2NCCC[C@@H](C(N)=O)NC(=O)[C@H](CO)NC1=O. The van der Waals surface area contributed by atoms with Crippen LogP contribution in [-0.2, 0) is 14.4 Å². The van der Waals surface area contributed by atoms with E-state index in [1.807, 2.05) is 22.6 Å². The maximum absolute atomic E-state index is 13.1. The van der Waals surface area contributed by atoms with Gasteiger partial charge in [-0.05, 0) is 41.4 Å². The van der Waals surface area contributed by atoms with Crippen molar-refractivity contribution in [2.75, 3.05) is 18.5 Å². The summed E-state index contributed by atoms with van der Waals surface area (Å²) in [6, 6.07) is -1.15. The Hall–Kier alpha value is -3.01. The number of amides is 4. The first-order chi connectivity index (χ1) is 16.0. The molecule has 1 aromatic rings. The van der Waals surface area contributed by atoms with Crippen LogP contribution in [0.5, 0.6) is 0 Å². The second kappa shape index (κ2) is 11.9. The second-order valence-corrected chi connectivity index (χ2v) is 9.24. The van der Waals surface area contributed by atoms with Gasteiger partial charge in [0, 0.05) is 22.2 Å². The Morgan fingerprint density at radius 1 is 1.24 bits per heavy atom. The summed E-state index contributed by atoms with van der Waals surface area (Å²) in [6.45, 7) is 2.82. The summed E-state index contributed by atoms with van der Waals surface area (Å²) in [7, 11) is 0. The lowest BCUT2D eigenvalue weighted by Crippen LogP contribution is -2.58. The van der Waals surface area contributed by atoms with Crippen molar-refractivity contribution in [1.29, 1.82) is 0 Å². The van der Waals surface area contributed by atoms with E-state index in [4.69, 9.17) is 5.73 Å². The molecule has 13 nitrogen and oxygen atoms in total. The minimum Gasteiger partial charge on any atom is -0.394 e. The molecule has 1 aromatic carbocycles. The number of anilines is 1. The Morgan fingerprint density at radius 2 is 1.91 bits per heavy atom. The molecule has 0 radical (unpaired) electrons. The zero-order valence-corrected chi connectivity index (χ0v) is 20.7. The number of fused-ring (bicyclic) bond motifs is 1. The standard InChI is InChI=1S/C20H27IN6O7/c1-9(2)15-20(32)25-14(8-28)19(31)24-13(17(22)29)4-3-5-23-16-11(18(30)26-15)6-10(27(33)34)7-12(16)21/h6-7,9,13-15,23,28H,3-5,8H2,1-2H3,(H2,22,29)(H,24,31)(H,25,32)(H,26,30)/t13-,14-,15-/m0/s1. The number of aliphatic hydroxyl groups is 1. The molecule has 1 aliphatic heterocycles. The molecule has 0 spiro atoms. The number of benzene rings is 1. The van der Waals surface area contributed by atoms with Crippen LogP contribution in [0.25, 0.3) is 0 Å². The quantitative estimate of drug-likeness (QED) is 0.154. The minimum absolute atomic E-state index is 0.0358. The van der Waals surface area contributed by atoms with Crippen LogP contribution in [0.15, 0.2) is 12.1 Å². The van der Waals surface area contributed by atoms with Crippen molar-refractivity contribution >= 4 is 57.6 Å². The Kier molecular flexibility index (Phi) is 9.55. The number of non-ortho nitro benzene ring substituents is 1. The molecule has 0 saturated heterocycles. The van der Waals surface area contributed by atoms with Gasteiger partial charge >= 0.3 is 0 Å².